The molecule has 1 aromatic heterocycles. The Morgan fingerprint density at radius 1 is 1.00 bits per heavy atom. The van der Waals surface area contributed by atoms with Gasteiger partial charge in [-0.25, -0.2) is 4.39 Å². The maximum Gasteiger partial charge on any atom is 0.289 e. The van der Waals surface area contributed by atoms with Crippen LogP contribution in [0.1, 0.15) is 22.5 Å². The van der Waals surface area contributed by atoms with Gasteiger partial charge < -0.3 is 14.2 Å². The van der Waals surface area contributed by atoms with Crippen molar-refractivity contribution in [2.24, 2.45) is 0 Å². The van der Waals surface area contributed by atoms with Crippen molar-refractivity contribution in [1.29, 1.82) is 0 Å². The second-order valence-electron chi connectivity index (χ2n) is 6.66. The number of halogens is 1. The van der Waals surface area contributed by atoms with E-state index >= 15 is 0 Å². The summed E-state index contributed by atoms with van der Waals surface area (Å²) in [6, 6.07) is 14.2. The van der Waals surface area contributed by atoms with Crippen molar-refractivity contribution >= 4 is 22.6 Å². The highest BCUT2D eigenvalue weighted by atomic mass is 19.1. The van der Waals surface area contributed by atoms with Gasteiger partial charge in [0.15, 0.2) is 5.76 Å². The Morgan fingerprint density at radius 2 is 1.77 bits per heavy atom. The number of amides is 1. The minimum Gasteiger partial charge on any atom is -0.451 e. The van der Waals surface area contributed by atoms with Gasteiger partial charge in [-0.15, -0.1) is 0 Å². The molecule has 1 fully saturated rings. The highest BCUT2D eigenvalue weighted by Crippen LogP contribution is 2.26. The zero-order valence-corrected chi connectivity index (χ0v) is 14.7. The van der Waals surface area contributed by atoms with Gasteiger partial charge in [0.05, 0.1) is 0 Å². The number of carbonyl (C=O) groups excluding carboxylic acids is 1. The third kappa shape index (κ3) is 3.05. The smallest absolute Gasteiger partial charge is 0.289 e. The maximum atomic E-state index is 13.1. The zero-order chi connectivity index (χ0) is 18.1. The van der Waals surface area contributed by atoms with Crippen molar-refractivity contribution in [2.75, 3.05) is 31.1 Å². The van der Waals surface area contributed by atoms with Crippen LogP contribution in [0, 0.1) is 12.7 Å². The molecule has 0 aliphatic carbocycles. The summed E-state index contributed by atoms with van der Waals surface area (Å²) in [7, 11) is 0. The van der Waals surface area contributed by atoms with Gasteiger partial charge in [-0.05, 0) is 43.7 Å². The number of carbonyl (C=O) groups is 1. The molecule has 0 atom stereocenters. The van der Waals surface area contributed by atoms with Crippen molar-refractivity contribution < 1.29 is 13.6 Å². The van der Waals surface area contributed by atoms with Gasteiger partial charge in [-0.3, -0.25) is 4.79 Å². The average molecular weight is 352 g/mol. The molecule has 1 aliphatic rings. The van der Waals surface area contributed by atoms with E-state index in [0.717, 1.165) is 41.7 Å². The molecule has 0 spiro atoms. The molecule has 4 nitrogen and oxygen atoms in total. The molecule has 134 valence electrons. The number of aryl methyl sites for hydroxylation is 1. The highest BCUT2D eigenvalue weighted by molar-refractivity contribution is 5.98. The molecule has 0 bridgehead atoms. The van der Waals surface area contributed by atoms with E-state index in [1.165, 1.54) is 12.1 Å². The van der Waals surface area contributed by atoms with Gasteiger partial charge >= 0.3 is 0 Å². The summed E-state index contributed by atoms with van der Waals surface area (Å²) < 4.78 is 19.0. The first-order valence-corrected chi connectivity index (χ1v) is 8.91. The number of rotatable bonds is 2. The Morgan fingerprint density at radius 3 is 2.54 bits per heavy atom. The number of benzene rings is 2. The summed E-state index contributed by atoms with van der Waals surface area (Å²) in [6.07, 6.45) is 0.863. The zero-order valence-electron chi connectivity index (χ0n) is 14.7. The summed E-state index contributed by atoms with van der Waals surface area (Å²) in [4.78, 5) is 17.0. The lowest BCUT2D eigenvalue weighted by molar-refractivity contribution is 0.0736. The van der Waals surface area contributed by atoms with Crippen molar-refractivity contribution in [3.63, 3.8) is 0 Å². The Hall–Kier alpha value is -2.82. The SMILES string of the molecule is Cc1c(C(=O)N2CCCN(c3ccc(F)cc3)CC2)oc2ccccc12. The summed E-state index contributed by atoms with van der Waals surface area (Å²) in [5.74, 6) is 0.141. The van der Waals surface area contributed by atoms with E-state index in [-0.39, 0.29) is 11.7 Å². The Balaban J connectivity index is 1.52. The van der Waals surface area contributed by atoms with Gasteiger partial charge in [0, 0.05) is 42.8 Å². The van der Waals surface area contributed by atoms with E-state index in [0.29, 0.717) is 18.8 Å². The molecular weight excluding hydrogens is 331 g/mol. The fourth-order valence-corrected chi connectivity index (χ4v) is 3.55. The monoisotopic (exact) mass is 352 g/mol. The summed E-state index contributed by atoms with van der Waals surface area (Å²) >= 11 is 0. The first kappa shape index (κ1) is 16.6. The normalized spacial score (nSPS) is 15.3. The van der Waals surface area contributed by atoms with Crippen LogP contribution < -0.4 is 4.90 Å². The Labute approximate surface area is 151 Å². The highest BCUT2D eigenvalue weighted by Gasteiger charge is 2.25. The fraction of sp³-hybridized carbons (Fsp3) is 0.286. The third-order valence-corrected chi connectivity index (χ3v) is 5.01. The molecule has 1 amide bonds. The number of para-hydroxylation sites is 1. The van der Waals surface area contributed by atoms with Crippen LogP contribution in [0.2, 0.25) is 0 Å². The van der Waals surface area contributed by atoms with Crippen LogP contribution in [-0.2, 0) is 0 Å². The molecule has 2 aromatic carbocycles. The van der Waals surface area contributed by atoms with Crippen molar-refractivity contribution in [2.45, 2.75) is 13.3 Å². The van der Waals surface area contributed by atoms with E-state index < -0.39 is 0 Å². The van der Waals surface area contributed by atoms with E-state index in [9.17, 15) is 9.18 Å². The van der Waals surface area contributed by atoms with E-state index in [1.807, 2.05) is 36.1 Å². The first-order valence-electron chi connectivity index (χ1n) is 8.91. The van der Waals surface area contributed by atoms with E-state index in [2.05, 4.69) is 4.90 Å². The minimum atomic E-state index is -0.235. The molecule has 0 unspecified atom stereocenters. The number of anilines is 1. The second kappa shape index (κ2) is 6.83. The lowest BCUT2D eigenvalue weighted by atomic mass is 10.1. The van der Waals surface area contributed by atoms with E-state index in [1.54, 1.807) is 12.1 Å². The number of hydrogen-bond donors (Lipinski definition) is 0. The van der Waals surface area contributed by atoms with Crippen molar-refractivity contribution in [3.8, 4) is 0 Å². The Bertz CT molecular complexity index is 933. The summed E-state index contributed by atoms with van der Waals surface area (Å²) in [6.45, 7) is 4.80. The summed E-state index contributed by atoms with van der Waals surface area (Å²) in [5.41, 5.74) is 2.63. The van der Waals surface area contributed by atoms with E-state index in [4.69, 9.17) is 4.42 Å². The van der Waals surface area contributed by atoms with Crippen LogP contribution in [0.5, 0.6) is 0 Å². The largest absolute Gasteiger partial charge is 0.451 e. The summed E-state index contributed by atoms with van der Waals surface area (Å²) in [5, 5.41) is 0.985. The van der Waals surface area contributed by atoms with Gasteiger partial charge in [-0.1, -0.05) is 18.2 Å². The minimum absolute atomic E-state index is 0.0559. The molecule has 2 heterocycles. The van der Waals surface area contributed by atoms with Gasteiger partial charge in [0.25, 0.3) is 5.91 Å². The molecule has 1 saturated heterocycles. The van der Waals surface area contributed by atoms with Crippen LogP contribution in [0.15, 0.2) is 52.9 Å². The lowest BCUT2D eigenvalue weighted by Crippen LogP contribution is -2.35. The molecule has 26 heavy (non-hydrogen) atoms. The predicted molar refractivity (Wildman–Crippen MR) is 100 cm³/mol. The third-order valence-electron chi connectivity index (χ3n) is 5.01. The Kier molecular flexibility index (Phi) is 4.37. The molecule has 4 rings (SSSR count). The quantitative estimate of drug-likeness (QED) is 0.692. The molecule has 3 aromatic rings. The average Bonchev–Trinajstić information content (AvgIpc) is 2.83. The maximum absolute atomic E-state index is 13.1. The van der Waals surface area contributed by atoms with Crippen molar-refractivity contribution in [1.82, 2.24) is 4.90 Å². The fourth-order valence-electron chi connectivity index (χ4n) is 3.55. The van der Waals surface area contributed by atoms with Crippen LogP contribution in [0.25, 0.3) is 11.0 Å². The molecule has 0 N–H and O–H groups in total. The van der Waals surface area contributed by atoms with Crippen LogP contribution in [0.4, 0.5) is 10.1 Å². The second-order valence-corrected chi connectivity index (χ2v) is 6.66. The predicted octanol–water partition coefficient (Wildman–Crippen LogP) is 4.23. The molecule has 0 saturated carbocycles. The standard InChI is InChI=1S/C21H21FN2O2/c1-15-18-5-2-3-6-19(18)26-20(15)21(25)24-12-4-11-23(13-14-24)17-9-7-16(22)8-10-17/h2-3,5-10H,4,11-14H2,1H3. The molecule has 0 radical (unpaired) electrons. The topological polar surface area (TPSA) is 36.7 Å². The lowest BCUT2D eigenvalue weighted by Gasteiger charge is -2.23. The van der Waals surface area contributed by atoms with Crippen LogP contribution >= 0.6 is 0 Å². The van der Waals surface area contributed by atoms with Crippen molar-refractivity contribution in [3.05, 3.63) is 65.7 Å². The molecule has 5 heteroatoms. The van der Waals surface area contributed by atoms with Crippen LogP contribution in [0.3, 0.4) is 0 Å². The number of nitrogens with zero attached hydrogens (tertiary/aromatic N) is 2. The van der Waals surface area contributed by atoms with Gasteiger partial charge in [0.1, 0.15) is 11.4 Å². The van der Waals surface area contributed by atoms with Crippen LogP contribution in [-0.4, -0.2) is 37.0 Å². The number of fused-ring (bicyclic) bond motifs is 1. The number of furan rings is 1. The molecular formula is C21H21FN2O2. The molecule has 1 aliphatic heterocycles. The number of hydrogen-bond acceptors (Lipinski definition) is 3. The first-order chi connectivity index (χ1) is 12.6. The van der Waals surface area contributed by atoms with Gasteiger partial charge in [0.2, 0.25) is 0 Å². The van der Waals surface area contributed by atoms with Gasteiger partial charge in [-0.2, -0.15) is 0 Å².